The Morgan fingerprint density at radius 3 is 2.90 bits per heavy atom. The molecule has 0 aliphatic carbocycles. The molecule has 2 rings (SSSR count). The summed E-state index contributed by atoms with van der Waals surface area (Å²) >= 11 is 0. The molecule has 108 valence electrons. The number of hydrogen-bond acceptors (Lipinski definition) is 5. The van der Waals surface area contributed by atoms with E-state index in [0.29, 0.717) is 13.1 Å². The van der Waals surface area contributed by atoms with Crippen LogP contribution in [0, 0.1) is 0 Å². The summed E-state index contributed by atoms with van der Waals surface area (Å²) in [5.74, 6) is 0. The Hall–Kier alpha value is -1.77. The summed E-state index contributed by atoms with van der Waals surface area (Å²) in [7, 11) is -1.68. The van der Waals surface area contributed by atoms with Gasteiger partial charge in [0.05, 0.1) is 17.6 Å². The van der Waals surface area contributed by atoms with E-state index in [1.807, 2.05) is 13.1 Å². The Bertz CT molecular complexity index is 640. The van der Waals surface area contributed by atoms with Crippen molar-refractivity contribution in [3.8, 4) is 0 Å². The Morgan fingerprint density at radius 2 is 2.20 bits per heavy atom. The van der Waals surface area contributed by atoms with Gasteiger partial charge in [-0.1, -0.05) is 17.3 Å². The molecule has 2 aromatic rings. The van der Waals surface area contributed by atoms with Crippen LogP contribution in [0.4, 0.5) is 0 Å². The first-order chi connectivity index (χ1) is 9.62. The predicted molar refractivity (Wildman–Crippen MR) is 74.4 cm³/mol. The molecule has 0 atom stereocenters. The fourth-order valence-corrected chi connectivity index (χ4v) is 2.85. The van der Waals surface area contributed by atoms with Crippen LogP contribution < -0.4 is 10.0 Å². The predicted octanol–water partition coefficient (Wildman–Crippen LogP) is -0.0240. The van der Waals surface area contributed by atoms with Gasteiger partial charge in [0.2, 0.25) is 10.0 Å². The molecule has 8 heteroatoms. The fraction of sp³-hybridized carbons (Fsp3) is 0.333. The summed E-state index contributed by atoms with van der Waals surface area (Å²) in [6, 6.07) is 6.86. The van der Waals surface area contributed by atoms with Crippen LogP contribution in [0.3, 0.4) is 0 Å². The Morgan fingerprint density at radius 1 is 1.35 bits per heavy atom. The average Bonchev–Trinajstić information content (AvgIpc) is 2.92. The maximum absolute atomic E-state index is 12.1. The van der Waals surface area contributed by atoms with Crippen LogP contribution in [0.2, 0.25) is 0 Å². The zero-order chi connectivity index (χ0) is 14.4. The van der Waals surface area contributed by atoms with Crippen molar-refractivity contribution in [1.29, 1.82) is 0 Å². The molecule has 1 aromatic heterocycles. The van der Waals surface area contributed by atoms with E-state index in [1.165, 1.54) is 0 Å². The standard InChI is InChI=1S/C12H17N5O2S/c1-13-10-11-3-2-4-12(9-11)20(18,19)15-6-8-17-7-5-14-16-17/h2-5,7,9,13,15H,6,8,10H2,1H3. The van der Waals surface area contributed by atoms with Gasteiger partial charge in [-0.3, -0.25) is 4.68 Å². The number of aromatic nitrogens is 3. The average molecular weight is 295 g/mol. The molecule has 7 nitrogen and oxygen atoms in total. The van der Waals surface area contributed by atoms with E-state index in [9.17, 15) is 8.42 Å². The van der Waals surface area contributed by atoms with Crippen molar-refractivity contribution in [2.75, 3.05) is 13.6 Å². The summed E-state index contributed by atoms with van der Waals surface area (Å²) in [5.41, 5.74) is 0.923. The van der Waals surface area contributed by atoms with Gasteiger partial charge < -0.3 is 5.32 Å². The highest BCUT2D eigenvalue weighted by molar-refractivity contribution is 7.89. The smallest absolute Gasteiger partial charge is 0.240 e. The molecule has 0 aliphatic rings. The second-order valence-corrected chi connectivity index (χ2v) is 6.01. The third kappa shape index (κ3) is 3.86. The first kappa shape index (κ1) is 14.6. The molecular weight excluding hydrogens is 278 g/mol. The first-order valence-corrected chi connectivity index (χ1v) is 7.67. The highest BCUT2D eigenvalue weighted by Gasteiger charge is 2.13. The minimum absolute atomic E-state index is 0.266. The number of nitrogens with one attached hydrogen (secondary N) is 2. The number of benzene rings is 1. The fourth-order valence-electron chi connectivity index (χ4n) is 1.76. The van der Waals surface area contributed by atoms with E-state index in [1.54, 1.807) is 35.3 Å². The van der Waals surface area contributed by atoms with E-state index >= 15 is 0 Å². The van der Waals surface area contributed by atoms with Crippen molar-refractivity contribution in [3.05, 3.63) is 42.2 Å². The lowest BCUT2D eigenvalue weighted by atomic mass is 10.2. The minimum Gasteiger partial charge on any atom is -0.316 e. The van der Waals surface area contributed by atoms with Crippen molar-refractivity contribution in [2.24, 2.45) is 0 Å². The van der Waals surface area contributed by atoms with Crippen LogP contribution in [0.25, 0.3) is 0 Å². The van der Waals surface area contributed by atoms with Crippen molar-refractivity contribution < 1.29 is 8.42 Å². The Labute approximate surface area is 118 Å². The van der Waals surface area contributed by atoms with Gasteiger partial charge in [-0.05, 0) is 24.7 Å². The summed E-state index contributed by atoms with van der Waals surface area (Å²) < 4.78 is 28.4. The van der Waals surface area contributed by atoms with Crippen molar-refractivity contribution in [1.82, 2.24) is 25.0 Å². The van der Waals surface area contributed by atoms with Gasteiger partial charge in [0.25, 0.3) is 0 Å². The first-order valence-electron chi connectivity index (χ1n) is 6.19. The molecule has 2 N–H and O–H groups in total. The van der Waals surface area contributed by atoms with Crippen LogP contribution in [0.1, 0.15) is 5.56 Å². The second kappa shape index (κ2) is 6.60. The molecule has 0 amide bonds. The summed E-state index contributed by atoms with van der Waals surface area (Å²) in [5, 5.41) is 10.4. The lowest BCUT2D eigenvalue weighted by molar-refractivity contribution is 0.552. The molecule has 0 radical (unpaired) electrons. The van der Waals surface area contributed by atoms with Crippen molar-refractivity contribution in [3.63, 3.8) is 0 Å². The zero-order valence-electron chi connectivity index (χ0n) is 11.2. The summed E-state index contributed by atoms with van der Waals surface area (Å²) in [4.78, 5) is 0.267. The van der Waals surface area contributed by atoms with Gasteiger partial charge >= 0.3 is 0 Å². The quantitative estimate of drug-likeness (QED) is 0.749. The molecule has 0 spiro atoms. The summed E-state index contributed by atoms with van der Waals surface area (Å²) in [6.07, 6.45) is 3.23. The van der Waals surface area contributed by atoms with Crippen molar-refractivity contribution >= 4 is 10.0 Å². The monoisotopic (exact) mass is 295 g/mol. The lowest BCUT2D eigenvalue weighted by Gasteiger charge is -2.08. The molecule has 0 fully saturated rings. The van der Waals surface area contributed by atoms with Crippen molar-refractivity contribution in [2.45, 2.75) is 18.0 Å². The molecule has 0 saturated carbocycles. The third-order valence-corrected chi connectivity index (χ3v) is 4.15. The third-order valence-electron chi connectivity index (χ3n) is 2.69. The van der Waals surface area contributed by atoms with Crippen LogP contribution >= 0.6 is 0 Å². The molecule has 0 aliphatic heterocycles. The zero-order valence-corrected chi connectivity index (χ0v) is 12.0. The molecule has 0 unspecified atom stereocenters. The Kier molecular flexibility index (Phi) is 4.83. The van der Waals surface area contributed by atoms with E-state index in [2.05, 4.69) is 20.4 Å². The maximum Gasteiger partial charge on any atom is 0.240 e. The SMILES string of the molecule is CNCc1cccc(S(=O)(=O)NCCn2ccnn2)c1. The normalized spacial score (nSPS) is 11.7. The van der Waals surface area contributed by atoms with Gasteiger partial charge in [-0.25, -0.2) is 13.1 Å². The molecule has 0 saturated heterocycles. The second-order valence-electron chi connectivity index (χ2n) is 4.24. The van der Waals surface area contributed by atoms with Gasteiger partial charge in [0, 0.05) is 19.3 Å². The minimum atomic E-state index is -3.49. The number of sulfonamides is 1. The van der Waals surface area contributed by atoms with Crippen LogP contribution in [-0.4, -0.2) is 37.0 Å². The molecule has 1 aromatic carbocycles. The summed E-state index contributed by atoms with van der Waals surface area (Å²) in [6.45, 7) is 1.33. The number of nitrogens with zero attached hydrogens (tertiary/aromatic N) is 3. The topological polar surface area (TPSA) is 88.9 Å². The van der Waals surface area contributed by atoms with Gasteiger partial charge in [0.1, 0.15) is 0 Å². The van der Waals surface area contributed by atoms with Gasteiger partial charge in [0.15, 0.2) is 0 Å². The highest BCUT2D eigenvalue weighted by atomic mass is 32.2. The molecule has 20 heavy (non-hydrogen) atoms. The molecule has 0 bridgehead atoms. The van der Waals surface area contributed by atoms with Gasteiger partial charge in [-0.15, -0.1) is 5.10 Å². The number of hydrogen-bond donors (Lipinski definition) is 2. The van der Waals surface area contributed by atoms with Crippen LogP contribution in [-0.2, 0) is 23.1 Å². The highest BCUT2D eigenvalue weighted by Crippen LogP contribution is 2.11. The van der Waals surface area contributed by atoms with Crippen LogP contribution in [0.5, 0.6) is 0 Å². The lowest BCUT2D eigenvalue weighted by Crippen LogP contribution is -2.27. The van der Waals surface area contributed by atoms with E-state index in [4.69, 9.17) is 0 Å². The van der Waals surface area contributed by atoms with Crippen LogP contribution in [0.15, 0.2) is 41.6 Å². The van der Waals surface area contributed by atoms with Gasteiger partial charge in [-0.2, -0.15) is 0 Å². The van der Waals surface area contributed by atoms with E-state index < -0.39 is 10.0 Å². The molecular formula is C12H17N5O2S. The number of rotatable bonds is 7. The maximum atomic E-state index is 12.1. The Balaban J connectivity index is 2.00. The largest absolute Gasteiger partial charge is 0.316 e. The molecule has 1 heterocycles. The van der Waals surface area contributed by atoms with E-state index in [-0.39, 0.29) is 11.4 Å². The van der Waals surface area contributed by atoms with E-state index in [0.717, 1.165) is 5.56 Å².